The highest BCUT2D eigenvalue weighted by atomic mass is 32.1. The molecule has 4 nitrogen and oxygen atoms in total. The van der Waals surface area contributed by atoms with Gasteiger partial charge in [-0.2, -0.15) is 5.53 Å². The van der Waals surface area contributed by atoms with E-state index in [9.17, 15) is 0 Å². The predicted octanol–water partition coefficient (Wildman–Crippen LogP) is 3.98. The van der Waals surface area contributed by atoms with Gasteiger partial charge in [-0.15, -0.1) is 0 Å². The van der Waals surface area contributed by atoms with Gasteiger partial charge in [0.05, 0.1) is 0 Å². The molecule has 0 atom stereocenters. The van der Waals surface area contributed by atoms with E-state index in [1.54, 1.807) is 0 Å². The van der Waals surface area contributed by atoms with Crippen LogP contribution in [0.1, 0.15) is 26.2 Å². The Labute approximate surface area is 143 Å². The SMILES string of the molecule is CCCCCN(NN)C(=S)N(c1ccccc1)c1ccccc1. The molecule has 0 aliphatic carbocycles. The predicted molar refractivity (Wildman–Crippen MR) is 101 cm³/mol. The molecule has 0 spiro atoms. The summed E-state index contributed by atoms with van der Waals surface area (Å²) in [7, 11) is 0. The Morgan fingerprint density at radius 1 is 0.957 bits per heavy atom. The van der Waals surface area contributed by atoms with E-state index in [1.807, 2.05) is 70.6 Å². The van der Waals surface area contributed by atoms with Gasteiger partial charge in [0.15, 0.2) is 5.11 Å². The fourth-order valence-electron chi connectivity index (χ4n) is 2.38. The van der Waals surface area contributed by atoms with Crippen molar-refractivity contribution in [2.24, 2.45) is 5.84 Å². The molecule has 0 radical (unpaired) electrons. The number of nitrogens with one attached hydrogen (secondary N) is 1. The Morgan fingerprint density at radius 2 is 1.48 bits per heavy atom. The summed E-state index contributed by atoms with van der Waals surface area (Å²) in [5.74, 6) is 5.71. The summed E-state index contributed by atoms with van der Waals surface area (Å²) in [5.41, 5.74) is 4.76. The van der Waals surface area contributed by atoms with Crippen molar-refractivity contribution in [3.8, 4) is 0 Å². The van der Waals surface area contributed by atoms with E-state index in [-0.39, 0.29) is 0 Å². The van der Waals surface area contributed by atoms with E-state index in [2.05, 4.69) is 12.5 Å². The first kappa shape index (κ1) is 17.4. The molecule has 0 aliphatic rings. The van der Waals surface area contributed by atoms with Crippen LogP contribution in [0.4, 0.5) is 11.4 Å². The van der Waals surface area contributed by atoms with Gasteiger partial charge in [0.2, 0.25) is 0 Å². The maximum absolute atomic E-state index is 5.72. The van der Waals surface area contributed by atoms with Crippen LogP contribution >= 0.6 is 12.2 Å². The molecule has 0 aliphatic heterocycles. The Hall–Kier alpha value is -1.95. The number of nitrogens with zero attached hydrogens (tertiary/aromatic N) is 2. The zero-order valence-electron chi connectivity index (χ0n) is 13.5. The van der Waals surface area contributed by atoms with Crippen LogP contribution in [-0.4, -0.2) is 16.7 Å². The van der Waals surface area contributed by atoms with Crippen LogP contribution in [0.25, 0.3) is 0 Å². The van der Waals surface area contributed by atoms with Crippen molar-refractivity contribution in [2.45, 2.75) is 26.2 Å². The molecule has 5 heteroatoms. The van der Waals surface area contributed by atoms with Crippen molar-refractivity contribution in [3.63, 3.8) is 0 Å². The minimum Gasteiger partial charge on any atom is -0.286 e. The third-order valence-corrected chi connectivity index (χ3v) is 4.00. The highest BCUT2D eigenvalue weighted by molar-refractivity contribution is 7.80. The molecule has 23 heavy (non-hydrogen) atoms. The zero-order valence-corrected chi connectivity index (χ0v) is 14.3. The molecule has 2 aromatic carbocycles. The van der Waals surface area contributed by atoms with Gasteiger partial charge in [-0.05, 0) is 42.9 Å². The summed E-state index contributed by atoms with van der Waals surface area (Å²) >= 11 is 5.72. The van der Waals surface area contributed by atoms with E-state index in [0.29, 0.717) is 5.11 Å². The van der Waals surface area contributed by atoms with Gasteiger partial charge in [0.1, 0.15) is 0 Å². The first-order valence-corrected chi connectivity index (χ1v) is 8.36. The molecule has 0 amide bonds. The smallest absolute Gasteiger partial charge is 0.196 e. The fourth-order valence-corrected chi connectivity index (χ4v) is 2.73. The molecule has 0 saturated carbocycles. The molecule has 2 aromatic rings. The second-order valence-electron chi connectivity index (χ2n) is 5.28. The average Bonchev–Trinajstić information content (AvgIpc) is 2.61. The van der Waals surface area contributed by atoms with Gasteiger partial charge in [-0.1, -0.05) is 56.2 Å². The van der Waals surface area contributed by atoms with Crippen LogP contribution < -0.4 is 16.3 Å². The number of rotatable bonds is 7. The molecule has 2 rings (SSSR count). The lowest BCUT2D eigenvalue weighted by molar-refractivity contribution is 0.307. The number of hydrazine groups is 2. The number of unbranched alkanes of at least 4 members (excludes halogenated alkanes) is 2. The zero-order chi connectivity index (χ0) is 16.5. The van der Waals surface area contributed by atoms with Crippen LogP contribution in [0.2, 0.25) is 0 Å². The third kappa shape index (κ3) is 4.76. The van der Waals surface area contributed by atoms with Crippen molar-refractivity contribution in [3.05, 3.63) is 60.7 Å². The third-order valence-electron chi connectivity index (χ3n) is 3.59. The van der Waals surface area contributed by atoms with E-state index in [1.165, 1.54) is 0 Å². The van der Waals surface area contributed by atoms with Gasteiger partial charge in [-0.25, -0.2) is 0 Å². The number of anilines is 2. The minimum absolute atomic E-state index is 0.640. The second kappa shape index (κ2) is 9.25. The standard InChI is InChI=1S/C18H24N4S/c1-2-3-10-15-21(20-19)18(23)22(16-11-6-4-7-12-16)17-13-8-5-9-14-17/h4-9,11-14,20H,2-3,10,15,19H2,1H3. The van der Waals surface area contributed by atoms with Gasteiger partial charge in [-0.3, -0.25) is 15.8 Å². The second-order valence-corrected chi connectivity index (χ2v) is 5.64. The fraction of sp³-hybridized carbons (Fsp3) is 0.278. The molecular formula is C18H24N4S. The first-order valence-electron chi connectivity index (χ1n) is 7.96. The summed E-state index contributed by atoms with van der Waals surface area (Å²) < 4.78 is 0. The Bertz CT molecular complexity index is 549. The maximum Gasteiger partial charge on any atom is 0.196 e. The molecule has 0 heterocycles. The van der Waals surface area contributed by atoms with Crippen molar-refractivity contribution in [2.75, 3.05) is 11.4 Å². The largest absolute Gasteiger partial charge is 0.286 e. The van der Waals surface area contributed by atoms with E-state index >= 15 is 0 Å². The van der Waals surface area contributed by atoms with Crippen LogP contribution in [0.5, 0.6) is 0 Å². The quantitative estimate of drug-likeness (QED) is 0.348. The molecule has 0 aromatic heterocycles. The summed E-state index contributed by atoms with van der Waals surface area (Å²) in [6, 6.07) is 20.2. The Kier molecular flexibility index (Phi) is 7.00. The van der Waals surface area contributed by atoms with E-state index in [4.69, 9.17) is 18.1 Å². The average molecular weight is 328 g/mol. The number of thiocarbonyl (C=S) groups is 1. The highest BCUT2D eigenvalue weighted by Gasteiger charge is 2.19. The maximum atomic E-state index is 5.72. The van der Waals surface area contributed by atoms with Crippen LogP contribution in [0, 0.1) is 0 Å². The van der Waals surface area contributed by atoms with Crippen molar-refractivity contribution < 1.29 is 0 Å². The number of benzene rings is 2. The highest BCUT2D eigenvalue weighted by Crippen LogP contribution is 2.26. The topological polar surface area (TPSA) is 44.5 Å². The van der Waals surface area contributed by atoms with Crippen molar-refractivity contribution in [1.29, 1.82) is 0 Å². The van der Waals surface area contributed by atoms with Gasteiger partial charge in [0, 0.05) is 17.9 Å². The monoisotopic (exact) mass is 328 g/mol. The first-order chi connectivity index (χ1) is 11.3. The Morgan fingerprint density at radius 3 is 1.91 bits per heavy atom. The molecular weight excluding hydrogens is 304 g/mol. The summed E-state index contributed by atoms with van der Waals surface area (Å²) in [6.07, 6.45) is 3.35. The molecule has 122 valence electrons. The molecule has 0 unspecified atom stereocenters. The number of nitrogens with two attached hydrogens (primary N) is 1. The molecule has 3 N–H and O–H groups in total. The summed E-state index contributed by atoms with van der Waals surface area (Å²) in [6.45, 7) is 2.96. The van der Waals surface area contributed by atoms with Crippen molar-refractivity contribution in [1.82, 2.24) is 10.5 Å². The lowest BCUT2D eigenvalue weighted by atomic mass is 10.2. The summed E-state index contributed by atoms with van der Waals surface area (Å²) in [5, 5.41) is 2.46. The lowest BCUT2D eigenvalue weighted by Crippen LogP contribution is -2.52. The van der Waals surface area contributed by atoms with Crippen LogP contribution in [-0.2, 0) is 0 Å². The molecule has 0 bridgehead atoms. The number of hydrogen-bond donors (Lipinski definition) is 2. The Balaban J connectivity index is 2.28. The minimum atomic E-state index is 0.640. The lowest BCUT2D eigenvalue weighted by Gasteiger charge is -2.32. The van der Waals surface area contributed by atoms with Crippen LogP contribution in [0.3, 0.4) is 0 Å². The molecule has 0 saturated heterocycles. The van der Waals surface area contributed by atoms with Gasteiger partial charge < -0.3 is 0 Å². The van der Waals surface area contributed by atoms with Crippen LogP contribution in [0.15, 0.2) is 60.7 Å². The van der Waals surface area contributed by atoms with E-state index in [0.717, 1.165) is 37.2 Å². The number of hydrogen-bond acceptors (Lipinski definition) is 3. The number of para-hydroxylation sites is 2. The van der Waals surface area contributed by atoms with Gasteiger partial charge >= 0.3 is 0 Å². The van der Waals surface area contributed by atoms with Gasteiger partial charge in [0.25, 0.3) is 0 Å². The van der Waals surface area contributed by atoms with E-state index < -0.39 is 0 Å². The van der Waals surface area contributed by atoms with Crippen molar-refractivity contribution >= 4 is 28.7 Å². The summed E-state index contributed by atoms with van der Waals surface area (Å²) in [4.78, 5) is 2.03. The normalized spacial score (nSPS) is 10.3. The molecule has 0 fully saturated rings.